The summed E-state index contributed by atoms with van der Waals surface area (Å²) in [6.07, 6.45) is 29.3. The third-order valence-electron chi connectivity index (χ3n) is 7.24. The van der Waals surface area contributed by atoms with Crippen molar-refractivity contribution in [3.8, 4) is 22.3 Å². The number of aryl methyl sites for hydroxylation is 4. The van der Waals surface area contributed by atoms with Gasteiger partial charge in [0.05, 0.1) is 0 Å². The largest absolute Gasteiger partial charge is 0.208 e. The van der Waals surface area contributed by atoms with Crippen LogP contribution in [0.4, 0.5) is 0 Å². The number of rotatable bonds is 14. The van der Waals surface area contributed by atoms with Gasteiger partial charge in [0.1, 0.15) is 27.2 Å². The molecule has 0 atom stereocenters. The molecule has 4 heteroatoms. The summed E-state index contributed by atoms with van der Waals surface area (Å²) in [6.45, 7) is 2.24. The molecule has 0 bridgehead atoms. The molecule has 192 valence electrons. The lowest BCUT2D eigenvalue weighted by Crippen LogP contribution is -2.32. The molecule has 37 heavy (non-hydrogen) atoms. The summed E-state index contributed by atoms with van der Waals surface area (Å²) in [5, 5.41) is 0. The molecule has 0 aromatic carbocycles. The first kappa shape index (κ1) is 26.7. The fourth-order valence-corrected chi connectivity index (χ4v) is 4.81. The van der Waals surface area contributed by atoms with Crippen LogP contribution in [0, 0.1) is 0 Å². The molecular formula is C33H44N4+4. The van der Waals surface area contributed by atoms with Crippen LogP contribution in [0.2, 0.25) is 0 Å². The second kappa shape index (κ2) is 14.4. The number of aromatic nitrogens is 4. The van der Waals surface area contributed by atoms with Gasteiger partial charge in [-0.25, -0.2) is 18.3 Å². The second-order valence-corrected chi connectivity index (χ2v) is 10.3. The van der Waals surface area contributed by atoms with Gasteiger partial charge in [0.15, 0.2) is 49.6 Å². The van der Waals surface area contributed by atoms with Crippen LogP contribution in [0.3, 0.4) is 0 Å². The van der Waals surface area contributed by atoms with Crippen LogP contribution in [-0.4, -0.2) is 0 Å². The lowest BCUT2D eigenvalue weighted by atomic mass is 10.1. The smallest absolute Gasteiger partial charge is 0.169 e. The van der Waals surface area contributed by atoms with E-state index in [0.29, 0.717) is 0 Å². The Balaban J connectivity index is 1.00. The van der Waals surface area contributed by atoms with E-state index in [1.54, 1.807) is 0 Å². The Morgan fingerprint density at radius 1 is 0.351 bits per heavy atom. The molecule has 4 aromatic rings. The van der Waals surface area contributed by atoms with Gasteiger partial charge in [-0.05, 0) is 35.1 Å². The van der Waals surface area contributed by atoms with Crippen LogP contribution in [0.5, 0.6) is 0 Å². The molecule has 4 heterocycles. The van der Waals surface area contributed by atoms with Crippen molar-refractivity contribution in [2.24, 2.45) is 14.1 Å². The van der Waals surface area contributed by atoms with Crippen molar-refractivity contribution in [2.75, 3.05) is 0 Å². The van der Waals surface area contributed by atoms with Crippen LogP contribution in [0.25, 0.3) is 22.3 Å². The Kier molecular flexibility index (Phi) is 10.4. The Morgan fingerprint density at radius 3 is 0.892 bits per heavy atom. The van der Waals surface area contributed by atoms with Gasteiger partial charge in [0.25, 0.3) is 0 Å². The zero-order valence-electron chi connectivity index (χ0n) is 22.8. The molecule has 0 saturated carbocycles. The maximum Gasteiger partial charge on any atom is 0.169 e. The van der Waals surface area contributed by atoms with E-state index in [-0.39, 0.29) is 0 Å². The summed E-state index contributed by atoms with van der Waals surface area (Å²) < 4.78 is 8.78. The van der Waals surface area contributed by atoms with Crippen molar-refractivity contribution in [2.45, 2.75) is 70.9 Å². The van der Waals surface area contributed by atoms with Gasteiger partial charge in [0, 0.05) is 61.4 Å². The molecule has 0 radical (unpaired) electrons. The third kappa shape index (κ3) is 8.89. The maximum absolute atomic E-state index is 2.32. The van der Waals surface area contributed by atoms with E-state index < -0.39 is 0 Å². The quantitative estimate of drug-likeness (QED) is 0.163. The van der Waals surface area contributed by atoms with Crippen LogP contribution in [0.15, 0.2) is 98.1 Å². The maximum atomic E-state index is 2.32. The van der Waals surface area contributed by atoms with Gasteiger partial charge in [0.2, 0.25) is 0 Å². The Hall–Kier alpha value is -3.40. The van der Waals surface area contributed by atoms with Gasteiger partial charge >= 0.3 is 0 Å². The molecule has 4 aromatic heterocycles. The van der Waals surface area contributed by atoms with Gasteiger partial charge < -0.3 is 0 Å². The predicted octanol–water partition coefficient (Wildman–Crippen LogP) is 5.46. The van der Waals surface area contributed by atoms with Gasteiger partial charge in [-0.2, -0.15) is 0 Å². The number of hydrogen-bond donors (Lipinski definition) is 0. The van der Waals surface area contributed by atoms with Crippen LogP contribution in [-0.2, 0) is 27.2 Å². The minimum absolute atomic E-state index is 1.12. The average molecular weight is 497 g/mol. The normalized spacial score (nSPS) is 11.1. The Bertz CT molecular complexity index is 1080. The summed E-state index contributed by atoms with van der Waals surface area (Å²) in [4.78, 5) is 0. The van der Waals surface area contributed by atoms with Crippen LogP contribution in [0.1, 0.15) is 57.8 Å². The summed E-state index contributed by atoms with van der Waals surface area (Å²) in [6, 6.07) is 17.6. The predicted molar refractivity (Wildman–Crippen MR) is 148 cm³/mol. The number of pyridine rings is 4. The van der Waals surface area contributed by atoms with Crippen molar-refractivity contribution in [3.05, 3.63) is 98.1 Å². The van der Waals surface area contributed by atoms with Gasteiger partial charge in [-0.15, -0.1) is 0 Å². The van der Waals surface area contributed by atoms with Crippen molar-refractivity contribution in [1.82, 2.24) is 0 Å². The zero-order chi connectivity index (χ0) is 25.7. The fourth-order valence-electron chi connectivity index (χ4n) is 4.81. The molecule has 0 unspecified atom stereocenters. The molecule has 4 nitrogen and oxygen atoms in total. The lowest BCUT2D eigenvalue weighted by Gasteiger charge is -2.03. The number of unbranched alkanes of at least 4 members (excludes halogenated alkanes) is 8. The Morgan fingerprint density at radius 2 is 0.595 bits per heavy atom. The highest BCUT2D eigenvalue weighted by Crippen LogP contribution is 2.17. The van der Waals surface area contributed by atoms with E-state index in [1.807, 2.05) is 0 Å². The number of nitrogens with zero attached hydrogens (tertiary/aromatic N) is 4. The third-order valence-corrected chi connectivity index (χ3v) is 7.24. The van der Waals surface area contributed by atoms with Gasteiger partial charge in [-0.3, -0.25) is 0 Å². The molecule has 0 saturated heterocycles. The first-order valence-electron chi connectivity index (χ1n) is 14.1. The fraction of sp³-hybridized carbons (Fsp3) is 0.394. The SMILES string of the molecule is C[n+]1ccc(-c2cc[n+](CCCCCCCCCCC[n+]3ccc(-c4cc[n+](C)cc4)cc3)cc2)cc1. The summed E-state index contributed by atoms with van der Waals surface area (Å²) in [5.41, 5.74) is 5.11. The van der Waals surface area contributed by atoms with E-state index in [2.05, 4.69) is 130 Å². The zero-order valence-corrected chi connectivity index (χ0v) is 22.8. The molecule has 0 fully saturated rings. The van der Waals surface area contributed by atoms with Crippen molar-refractivity contribution < 1.29 is 18.3 Å². The highest BCUT2D eigenvalue weighted by atomic mass is 14.9. The highest BCUT2D eigenvalue weighted by molar-refractivity contribution is 5.61. The minimum Gasteiger partial charge on any atom is -0.208 e. The summed E-state index contributed by atoms with van der Waals surface area (Å²) >= 11 is 0. The average Bonchev–Trinajstić information content (AvgIpc) is 2.93. The monoisotopic (exact) mass is 496 g/mol. The molecule has 0 amide bonds. The van der Waals surface area contributed by atoms with Crippen molar-refractivity contribution >= 4 is 0 Å². The van der Waals surface area contributed by atoms with E-state index in [0.717, 1.165) is 13.1 Å². The number of hydrogen-bond acceptors (Lipinski definition) is 0. The molecular weight excluding hydrogens is 452 g/mol. The van der Waals surface area contributed by atoms with Gasteiger partial charge in [-0.1, -0.05) is 32.1 Å². The molecule has 0 aliphatic carbocycles. The standard InChI is InChI=1S/C33H44N4/c1-34-22-12-30(13-23-34)32-16-26-36(27-17-32)20-10-8-6-4-3-5-7-9-11-21-37-28-18-33(19-29-37)31-14-24-35(2)25-15-31/h12-19,22-29H,3-11,20-21H2,1-2H3/q+4. The van der Waals surface area contributed by atoms with E-state index in [4.69, 9.17) is 0 Å². The van der Waals surface area contributed by atoms with Crippen molar-refractivity contribution in [1.29, 1.82) is 0 Å². The van der Waals surface area contributed by atoms with Crippen LogP contribution < -0.4 is 18.3 Å². The van der Waals surface area contributed by atoms with E-state index in [9.17, 15) is 0 Å². The topological polar surface area (TPSA) is 15.5 Å². The molecule has 0 aliphatic rings. The molecule has 4 rings (SSSR count). The lowest BCUT2D eigenvalue weighted by molar-refractivity contribution is -0.697. The Labute approximate surface area is 223 Å². The van der Waals surface area contributed by atoms with Crippen molar-refractivity contribution in [3.63, 3.8) is 0 Å². The summed E-state index contributed by atoms with van der Waals surface area (Å²) in [7, 11) is 4.10. The first-order valence-corrected chi connectivity index (χ1v) is 14.1. The summed E-state index contributed by atoms with van der Waals surface area (Å²) in [5.74, 6) is 0. The molecule has 0 aliphatic heterocycles. The molecule has 0 N–H and O–H groups in total. The van der Waals surface area contributed by atoms with E-state index >= 15 is 0 Å². The second-order valence-electron chi connectivity index (χ2n) is 10.3. The molecule has 0 spiro atoms. The van der Waals surface area contributed by atoms with Crippen LogP contribution >= 0.6 is 0 Å². The highest BCUT2D eigenvalue weighted by Gasteiger charge is 2.06. The first-order chi connectivity index (χ1) is 18.2. The minimum atomic E-state index is 1.12. The van der Waals surface area contributed by atoms with E-state index in [1.165, 1.54) is 80.0 Å².